The molecule has 0 bridgehead atoms. The summed E-state index contributed by atoms with van der Waals surface area (Å²) in [7, 11) is 0. The first-order valence-corrected chi connectivity index (χ1v) is 5.52. The van der Waals surface area contributed by atoms with Crippen molar-refractivity contribution in [2.75, 3.05) is 6.54 Å². The van der Waals surface area contributed by atoms with Crippen LogP contribution in [0.15, 0.2) is 16.5 Å². The van der Waals surface area contributed by atoms with Gasteiger partial charge in [-0.3, -0.25) is 0 Å². The highest BCUT2D eigenvalue weighted by atomic mass is 35.5. The Morgan fingerprint density at radius 1 is 1.38 bits per heavy atom. The molecule has 1 aromatic rings. The maximum absolute atomic E-state index is 9.61. The summed E-state index contributed by atoms with van der Waals surface area (Å²) in [5.41, 5.74) is 0. The molecule has 0 saturated heterocycles. The van der Waals surface area contributed by atoms with E-state index in [-0.39, 0.29) is 18.5 Å². The molecule has 0 spiro atoms. The number of nitrogens with one attached hydrogen (secondary N) is 1. The third-order valence-corrected chi connectivity index (χ3v) is 2.22. The van der Waals surface area contributed by atoms with E-state index in [1.165, 1.54) is 0 Å². The van der Waals surface area contributed by atoms with Crippen molar-refractivity contribution in [3.63, 3.8) is 0 Å². The van der Waals surface area contributed by atoms with E-state index in [1.54, 1.807) is 0 Å². The predicted molar refractivity (Wildman–Crippen MR) is 67.9 cm³/mol. The van der Waals surface area contributed by atoms with Crippen molar-refractivity contribution < 1.29 is 9.52 Å². The summed E-state index contributed by atoms with van der Waals surface area (Å²) >= 11 is 0. The van der Waals surface area contributed by atoms with Gasteiger partial charge >= 0.3 is 0 Å². The lowest BCUT2D eigenvalue weighted by Gasteiger charge is -2.13. The average Bonchev–Trinajstić information content (AvgIpc) is 2.50. The van der Waals surface area contributed by atoms with Crippen molar-refractivity contribution in [3.8, 4) is 0 Å². The monoisotopic (exact) mass is 247 g/mol. The van der Waals surface area contributed by atoms with E-state index in [2.05, 4.69) is 19.2 Å². The van der Waals surface area contributed by atoms with Gasteiger partial charge in [-0.1, -0.05) is 13.8 Å². The van der Waals surface area contributed by atoms with Crippen LogP contribution in [0.25, 0.3) is 0 Å². The Kier molecular flexibility index (Phi) is 7.47. The molecule has 0 fully saturated rings. The van der Waals surface area contributed by atoms with Crippen molar-refractivity contribution in [1.29, 1.82) is 0 Å². The number of hydrogen-bond acceptors (Lipinski definition) is 3. The van der Waals surface area contributed by atoms with Crippen LogP contribution in [0.5, 0.6) is 0 Å². The lowest BCUT2D eigenvalue weighted by molar-refractivity contribution is 0.145. The first-order valence-electron chi connectivity index (χ1n) is 5.52. The molecule has 2 N–H and O–H groups in total. The van der Waals surface area contributed by atoms with Gasteiger partial charge in [-0.25, -0.2) is 0 Å². The van der Waals surface area contributed by atoms with Crippen LogP contribution in [-0.2, 0) is 6.54 Å². The van der Waals surface area contributed by atoms with Crippen molar-refractivity contribution in [1.82, 2.24) is 5.32 Å². The van der Waals surface area contributed by atoms with Crippen LogP contribution >= 0.6 is 12.4 Å². The Hall–Kier alpha value is -0.510. The van der Waals surface area contributed by atoms with Crippen molar-refractivity contribution in [2.24, 2.45) is 5.92 Å². The molecule has 1 rings (SSSR count). The van der Waals surface area contributed by atoms with Crippen LogP contribution in [0.4, 0.5) is 0 Å². The molecule has 1 atom stereocenters. The zero-order chi connectivity index (χ0) is 11.3. The van der Waals surface area contributed by atoms with Crippen LogP contribution in [-0.4, -0.2) is 17.8 Å². The minimum atomic E-state index is -0.263. The van der Waals surface area contributed by atoms with E-state index in [0.29, 0.717) is 19.0 Å². The summed E-state index contributed by atoms with van der Waals surface area (Å²) < 4.78 is 5.40. The van der Waals surface area contributed by atoms with Crippen LogP contribution in [0.1, 0.15) is 31.8 Å². The van der Waals surface area contributed by atoms with E-state index in [9.17, 15) is 5.11 Å². The van der Waals surface area contributed by atoms with E-state index in [4.69, 9.17) is 4.42 Å². The smallest absolute Gasteiger partial charge is 0.117 e. The zero-order valence-corrected chi connectivity index (χ0v) is 11.0. The number of aliphatic hydroxyl groups excluding tert-OH is 1. The lowest BCUT2D eigenvalue weighted by atomic mass is 10.1. The molecule has 0 aromatic carbocycles. The van der Waals surface area contributed by atoms with Crippen molar-refractivity contribution in [2.45, 2.75) is 39.8 Å². The second-order valence-corrected chi connectivity index (χ2v) is 4.43. The molecule has 1 unspecified atom stereocenters. The molecular formula is C12H22ClNO2. The minimum Gasteiger partial charge on any atom is -0.465 e. The number of aliphatic hydroxyl groups is 1. The van der Waals surface area contributed by atoms with Crippen LogP contribution in [0.2, 0.25) is 0 Å². The summed E-state index contributed by atoms with van der Waals surface area (Å²) in [6, 6.07) is 3.90. The molecule has 1 heterocycles. The topological polar surface area (TPSA) is 45.4 Å². The third-order valence-electron chi connectivity index (χ3n) is 2.22. The molecule has 3 nitrogen and oxygen atoms in total. The number of halogens is 1. The number of aryl methyl sites for hydroxylation is 1. The van der Waals surface area contributed by atoms with Crippen molar-refractivity contribution >= 4 is 12.4 Å². The van der Waals surface area contributed by atoms with E-state index >= 15 is 0 Å². The summed E-state index contributed by atoms with van der Waals surface area (Å²) in [6.45, 7) is 7.45. The van der Waals surface area contributed by atoms with Crippen molar-refractivity contribution in [3.05, 3.63) is 23.7 Å². The SMILES string of the molecule is Cc1ccc(CNCC(O)CC(C)C)o1.Cl. The van der Waals surface area contributed by atoms with Gasteiger partial charge in [-0.05, 0) is 31.4 Å². The second-order valence-electron chi connectivity index (χ2n) is 4.43. The quantitative estimate of drug-likeness (QED) is 0.812. The largest absolute Gasteiger partial charge is 0.465 e. The maximum Gasteiger partial charge on any atom is 0.117 e. The fraction of sp³-hybridized carbons (Fsp3) is 0.667. The summed E-state index contributed by atoms with van der Waals surface area (Å²) in [6.07, 6.45) is 0.575. The Morgan fingerprint density at radius 2 is 2.06 bits per heavy atom. The highest BCUT2D eigenvalue weighted by Crippen LogP contribution is 2.06. The Morgan fingerprint density at radius 3 is 2.56 bits per heavy atom. The van der Waals surface area contributed by atoms with E-state index < -0.39 is 0 Å². The van der Waals surface area contributed by atoms with Gasteiger partial charge in [-0.15, -0.1) is 12.4 Å². The van der Waals surface area contributed by atoms with Crippen LogP contribution < -0.4 is 5.32 Å². The van der Waals surface area contributed by atoms with Gasteiger partial charge in [0.25, 0.3) is 0 Å². The summed E-state index contributed by atoms with van der Waals surface area (Å²) in [4.78, 5) is 0. The van der Waals surface area contributed by atoms with E-state index in [0.717, 1.165) is 17.9 Å². The van der Waals surface area contributed by atoms with Gasteiger partial charge in [0.2, 0.25) is 0 Å². The highest BCUT2D eigenvalue weighted by molar-refractivity contribution is 5.85. The highest BCUT2D eigenvalue weighted by Gasteiger charge is 2.06. The summed E-state index contributed by atoms with van der Waals surface area (Å²) in [5.74, 6) is 2.38. The van der Waals surface area contributed by atoms with Gasteiger partial charge in [0, 0.05) is 6.54 Å². The number of hydrogen-bond donors (Lipinski definition) is 2. The van der Waals surface area contributed by atoms with Gasteiger partial charge in [0.1, 0.15) is 11.5 Å². The lowest BCUT2D eigenvalue weighted by Crippen LogP contribution is -2.27. The summed E-state index contributed by atoms with van der Waals surface area (Å²) in [5, 5.41) is 12.8. The first-order chi connectivity index (χ1) is 7.08. The van der Waals surface area contributed by atoms with Gasteiger partial charge in [0.15, 0.2) is 0 Å². The normalized spacial score (nSPS) is 12.6. The molecule has 0 saturated carbocycles. The maximum atomic E-state index is 9.61. The Labute approximate surface area is 104 Å². The van der Waals surface area contributed by atoms with Gasteiger partial charge < -0.3 is 14.8 Å². The number of rotatable bonds is 6. The molecule has 1 aromatic heterocycles. The fourth-order valence-corrected chi connectivity index (χ4v) is 1.57. The van der Waals surface area contributed by atoms with Gasteiger partial charge in [0.05, 0.1) is 12.6 Å². The first kappa shape index (κ1) is 15.5. The van der Waals surface area contributed by atoms with Gasteiger partial charge in [-0.2, -0.15) is 0 Å². The molecule has 0 radical (unpaired) electrons. The van der Waals surface area contributed by atoms with E-state index in [1.807, 2.05) is 19.1 Å². The molecule has 94 valence electrons. The number of furan rings is 1. The standard InChI is InChI=1S/C12H21NO2.ClH/c1-9(2)6-11(14)7-13-8-12-5-4-10(3)15-12;/h4-5,9,11,13-14H,6-8H2,1-3H3;1H. The molecule has 4 heteroatoms. The Bertz CT molecular complexity index is 286. The zero-order valence-electron chi connectivity index (χ0n) is 10.2. The van der Waals surface area contributed by atoms with Crippen LogP contribution in [0, 0.1) is 12.8 Å². The third kappa shape index (κ3) is 6.16. The molecule has 0 amide bonds. The minimum absolute atomic E-state index is 0. The molecular weight excluding hydrogens is 226 g/mol. The molecule has 0 aliphatic heterocycles. The van der Waals surface area contributed by atoms with Crippen LogP contribution in [0.3, 0.4) is 0 Å². The Balaban J connectivity index is 0.00000225. The molecule has 0 aliphatic rings. The second kappa shape index (κ2) is 7.71. The predicted octanol–water partition coefficient (Wildman–Crippen LogP) is 2.51. The molecule has 0 aliphatic carbocycles. The average molecular weight is 248 g/mol. The fourth-order valence-electron chi connectivity index (χ4n) is 1.57. The molecule has 16 heavy (non-hydrogen) atoms.